The second-order valence-electron chi connectivity index (χ2n) is 3.02. The molecule has 0 radical (unpaired) electrons. The molecule has 0 saturated heterocycles. The first kappa shape index (κ1) is 15.4. The van der Waals surface area contributed by atoms with Crippen LogP contribution >= 0.6 is 50.7 Å². The number of hydrogen-bond donors (Lipinski definition) is 0. The van der Waals surface area contributed by atoms with E-state index in [0.29, 0.717) is 11.5 Å². The molecule has 0 aliphatic rings. The first-order valence-electron chi connectivity index (χ1n) is 4.05. The van der Waals surface area contributed by atoms with Gasteiger partial charge >= 0.3 is 0 Å². The second-order valence-corrected chi connectivity index (χ2v) is 5.82. The van der Waals surface area contributed by atoms with Crippen molar-refractivity contribution in [2.45, 2.75) is 23.0 Å². The van der Waals surface area contributed by atoms with Gasteiger partial charge in [-0.05, 0) is 13.0 Å². The van der Waals surface area contributed by atoms with Gasteiger partial charge in [-0.25, -0.2) is 0 Å². The fourth-order valence-electron chi connectivity index (χ4n) is 0.798. The molecule has 0 rings (SSSR count). The molecule has 2 nitrogen and oxygen atoms in total. The van der Waals surface area contributed by atoms with Crippen LogP contribution in [0.1, 0.15) is 13.8 Å². The smallest absolute Gasteiger partial charge is 0.237 e. The molecule has 0 saturated carbocycles. The summed E-state index contributed by atoms with van der Waals surface area (Å²) >= 11 is 20.3. The van der Waals surface area contributed by atoms with Crippen molar-refractivity contribution in [3.63, 3.8) is 0 Å². The van der Waals surface area contributed by atoms with Gasteiger partial charge in [0, 0.05) is 17.6 Å². The van der Waals surface area contributed by atoms with Gasteiger partial charge in [0.05, 0.1) is 0 Å². The lowest BCUT2D eigenvalue weighted by Gasteiger charge is -2.15. The van der Waals surface area contributed by atoms with E-state index in [1.165, 1.54) is 6.08 Å². The maximum absolute atomic E-state index is 11.3. The molecular weight excluding hydrogens is 326 g/mol. The van der Waals surface area contributed by atoms with Crippen LogP contribution in [0.15, 0.2) is 11.6 Å². The zero-order valence-electron chi connectivity index (χ0n) is 8.19. The number of Topliss-reactive ketones (excluding diaryl/α,β-unsaturated/α-hetero) is 2. The standard InChI is InChI=1S/C9H10BrCl3O2/c1-5(7(10)4-11)3-9(12,13)8(15)6(2)14/h3,7H,4H2,1-2H3/b5-3-. The minimum Gasteiger partial charge on any atom is -0.291 e. The second kappa shape index (κ2) is 6.24. The Balaban J connectivity index is 4.90. The predicted molar refractivity (Wildman–Crippen MR) is 67.3 cm³/mol. The number of carbonyl (C=O) groups is 2. The van der Waals surface area contributed by atoms with E-state index in [2.05, 4.69) is 15.9 Å². The van der Waals surface area contributed by atoms with Gasteiger partial charge < -0.3 is 0 Å². The Labute approximate surface area is 112 Å². The van der Waals surface area contributed by atoms with E-state index in [1.807, 2.05) is 0 Å². The lowest BCUT2D eigenvalue weighted by molar-refractivity contribution is -0.135. The molecule has 1 atom stereocenters. The summed E-state index contributed by atoms with van der Waals surface area (Å²) in [6.45, 7) is 2.84. The molecule has 86 valence electrons. The molecule has 0 aromatic rings. The molecule has 0 aliphatic heterocycles. The molecule has 0 aromatic heterocycles. The van der Waals surface area contributed by atoms with Gasteiger partial charge in [-0.1, -0.05) is 44.7 Å². The number of halogens is 4. The molecule has 1 unspecified atom stereocenters. The van der Waals surface area contributed by atoms with Gasteiger partial charge in [-0.2, -0.15) is 0 Å². The highest BCUT2D eigenvalue weighted by atomic mass is 79.9. The average molecular weight is 336 g/mol. The van der Waals surface area contributed by atoms with E-state index in [4.69, 9.17) is 34.8 Å². The Kier molecular flexibility index (Phi) is 6.41. The third kappa shape index (κ3) is 4.85. The molecule has 6 heteroatoms. The molecule has 0 fully saturated rings. The van der Waals surface area contributed by atoms with Crippen molar-refractivity contribution in [1.82, 2.24) is 0 Å². The monoisotopic (exact) mass is 334 g/mol. The quantitative estimate of drug-likeness (QED) is 0.439. The number of alkyl halides is 4. The minimum absolute atomic E-state index is 0.129. The first-order chi connectivity index (χ1) is 6.72. The van der Waals surface area contributed by atoms with Crippen LogP contribution < -0.4 is 0 Å². The zero-order valence-corrected chi connectivity index (χ0v) is 12.0. The largest absolute Gasteiger partial charge is 0.291 e. The van der Waals surface area contributed by atoms with Gasteiger partial charge in [-0.3, -0.25) is 9.59 Å². The Morgan fingerprint density at radius 2 is 1.87 bits per heavy atom. The highest BCUT2D eigenvalue weighted by Crippen LogP contribution is 2.28. The Morgan fingerprint density at radius 1 is 1.40 bits per heavy atom. The fraction of sp³-hybridized carbons (Fsp3) is 0.556. The van der Waals surface area contributed by atoms with E-state index in [9.17, 15) is 9.59 Å². The summed E-state index contributed by atoms with van der Waals surface area (Å²) in [6, 6.07) is 0. The summed E-state index contributed by atoms with van der Waals surface area (Å²) in [5, 5.41) is 0. The summed E-state index contributed by atoms with van der Waals surface area (Å²) in [4.78, 5) is 22.0. The van der Waals surface area contributed by atoms with Crippen molar-refractivity contribution in [3.05, 3.63) is 11.6 Å². The Bertz CT molecular complexity index is 300. The van der Waals surface area contributed by atoms with Crippen molar-refractivity contribution in [1.29, 1.82) is 0 Å². The topological polar surface area (TPSA) is 34.1 Å². The van der Waals surface area contributed by atoms with Crippen LogP contribution in [0.25, 0.3) is 0 Å². The molecule has 0 aromatic carbocycles. The van der Waals surface area contributed by atoms with Crippen LogP contribution in [0, 0.1) is 0 Å². The van der Waals surface area contributed by atoms with Crippen molar-refractivity contribution in [3.8, 4) is 0 Å². The summed E-state index contributed by atoms with van der Waals surface area (Å²) in [7, 11) is 0. The lowest BCUT2D eigenvalue weighted by atomic mass is 10.1. The van der Waals surface area contributed by atoms with Crippen LogP contribution in [-0.2, 0) is 9.59 Å². The number of carbonyl (C=O) groups excluding carboxylic acids is 2. The van der Waals surface area contributed by atoms with Gasteiger partial charge in [0.15, 0.2) is 5.78 Å². The maximum Gasteiger partial charge on any atom is 0.237 e. The van der Waals surface area contributed by atoms with Crippen molar-refractivity contribution >= 4 is 62.3 Å². The van der Waals surface area contributed by atoms with Gasteiger partial charge in [-0.15, -0.1) is 11.6 Å². The van der Waals surface area contributed by atoms with Crippen LogP contribution in [0.5, 0.6) is 0 Å². The van der Waals surface area contributed by atoms with E-state index < -0.39 is 15.9 Å². The van der Waals surface area contributed by atoms with Gasteiger partial charge in [0.25, 0.3) is 0 Å². The third-order valence-corrected chi connectivity index (χ3v) is 3.95. The minimum atomic E-state index is -1.81. The molecule has 15 heavy (non-hydrogen) atoms. The zero-order chi connectivity index (χ0) is 12.2. The lowest BCUT2D eigenvalue weighted by Crippen LogP contribution is -2.30. The summed E-state index contributed by atoms with van der Waals surface area (Å²) < 4.78 is -1.81. The average Bonchev–Trinajstić information content (AvgIpc) is 2.14. The molecule has 0 spiro atoms. The van der Waals surface area contributed by atoms with E-state index in [1.54, 1.807) is 6.92 Å². The molecule has 0 bridgehead atoms. The number of rotatable bonds is 5. The molecule has 0 heterocycles. The van der Waals surface area contributed by atoms with Crippen molar-refractivity contribution in [2.24, 2.45) is 0 Å². The van der Waals surface area contributed by atoms with E-state index in [0.717, 1.165) is 6.92 Å². The molecule has 0 aliphatic carbocycles. The van der Waals surface area contributed by atoms with Crippen LogP contribution in [0.3, 0.4) is 0 Å². The summed E-state index contributed by atoms with van der Waals surface area (Å²) in [6.07, 6.45) is 1.32. The Morgan fingerprint density at radius 3 is 2.20 bits per heavy atom. The molecular formula is C9H10BrCl3O2. The molecule has 0 N–H and O–H groups in total. The van der Waals surface area contributed by atoms with E-state index in [-0.39, 0.29) is 4.83 Å². The summed E-state index contributed by atoms with van der Waals surface area (Å²) in [5.74, 6) is -1.21. The number of hydrogen-bond acceptors (Lipinski definition) is 2. The van der Waals surface area contributed by atoms with Crippen LogP contribution in [-0.4, -0.2) is 26.6 Å². The molecule has 0 amide bonds. The predicted octanol–water partition coefficient (Wildman–Crippen LogP) is 3.27. The van der Waals surface area contributed by atoms with Crippen LogP contribution in [0.4, 0.5) is 0 Å². The van der Waals surface area contributed by atoms with Gasteiger partial charge in [0.2, 0.25) is 10.1 Å². The van der Waals surface area contributed by atoms with Crippen molar-refractivity contribution in [2.75, 3.05) is 5.88 Å². The Hall–Kier alpha value is 0.430. The maximum atomic E-state index is 11.3. The normalized spacial score (nSPS) is 14.9. The third-order valence-electron chi connectivity index (χ3n) is 1.66. The van der Waals surface area contributed by atoms with Crippen molar-refractivity contribution < 1.29 is 9.59 Å². The summed E-state index contributed by atoms with van der Waals surface area (Å²) in [5.41, 5.74) is 0.699. The number of allylic oxidation sites excluding steroid dienone is 2. The highest BCUT2D eigenvalue weighted by molar-refractivity contribution is 9.09. The highest BCUT2D eigenvalue weighted by Gasteiger charge is 2.34. The number of ketones is 2. The fourth-order valence-corrected chi connectivity index (χ4v) is 1.78. The SMILES string of the molecule is CC(=O)C(=O)C(Cl)(Cl)/C=C(/C)C(Br)CCl. The van der Waals surface area contributed by atoms with E-state index >= 15 is 0 Å². The van der Waals surface area contributed by atoms with Crippen LogP contribution in [0.2, 0.25) is 0 Å². The first-order valence-corrected chi connectivity index (χ1v) is 6.25. The van der Waals surface area contributed by atoms with Gasteiger partial charge in [0.1, 0.15) is 0 Å².